The molecule has 5 nitrogen and oxygen atoms in total. The molecule has 1 N–H and O–H groups in total. The fraction of sp³-hybridized carbons (Fsp3) is 0.467. The van der Waals surface area contributed by atoms with E-state index in [-0.39, 0.29) is 18.0 Å². The molecule has 2 aromatic heterocycles. The lowest BCUT2D eigenvalue weighted by Gasteiger charge is -2.13. The molecule has 1 aliphatic heterocycles. The predicted octanol–water partition coefficient (Wildman–Crippen LogP) is 2.77. The molecule has 3 rings (SSSR count). The van der Waals surface area contributed by atoms with Crippen LogP contribution in [-0.2, 0) is 11.3 Å². The van der Waals surface area contributed by atoms with E-state index in [4.69, 9.17) is 4.74 Å². The molecule has 2 aromatic rings. The lowest BCUT2D eigenvalue weighted by molar-refractivity contribution is 0.0940. The largest absolute Gasteiger partial charge is 0.376 e. The Hall–Kier alpha value is -1.95. The van der Waals surface area contributed by atoms with E-state index in [2.05, 4.69) is 15.4 Å². The van der Waals surface area contributed by atoms with Gasteiger partial charge >= 0.3 is 0 Å². The first-order valence-corrected chi connectivity index (χ1v) is 7.23. The van der Waals surface area contributed by atoms with Crippen LogP contribution in [0, 0.1) is 5.82 Å². The molecule has 0 amide bonds. The van der Waals surface area contributed by atoms with Gasteiger partial charge in [-0.25, -0.2) is 4.39 Å². The van der Waals surface area contributed by atoms with E-state index < -0.39 is 0 Å². The molecule has 0 aromatic carbocycles. The van der Waals surface area contributed by atoms with Crippen molar-refractivity contribution in [3.05, 3.63) is 42.2 Å². The molecule has 2 unspecified atom stereocenters. The predicted molar refractivity (Wildman–Crippen MR) is 77.4 cm³/mol. The van der Waals surface area contributed by atoms with Gasteiger partial charge in [0, 0.05) is 12.8 Å². The Morgan fingerprint density at radius 1 is 1.48 bits per heavy atom. The van der Waals surface area contributed by atoms with Crippen molar-refractivity contribution in [1.82, 2.24) is 14.8 Å². The van der Waals surface area contributed by atoms with Crippen LogP contribution in [0.1, 0.15) is 31.5 Å². The maximum Gasteiger partial charge on any atom is 0.141 e. The number of ether oxygens (including phenoxy) is 1. The molecule has 1 aliphatic rings. The highest BCUT2D eigenvalue weighted by molar-refractivity contribution is 5.40. The Labute approximate surface area is 123 Å². The van der Waals surface area contributed by atoms with Crippen molar-refractivity contribution in [2.75, 3.05) is 11.9 Å². The highest BCUT2D eigenvalue weighted by atomic mass is 19.1. The molecule has 0 saturated carbocycles. The van der Waals surface area contributed by atoms with Crippen LogP contribution < -0.4 is 5.32 Å². The highest BCUT2D eigenvalue weighted by Crippen LogP contribution is 2.18. The summed E-state index contributed by atoms with van der Waals surface area (Å²) in [4.78, 5) is 4.08. The third-order valence-electron chi connectivity index (χ3n) is 3.63. The molecule has 0 spiro atoms. The minimum absolute atomic E-state index is 0.00835. The Bertz CT molecular complexity index is 578. The summed E-state index contributed by atoms with van der Waals surface area (Å²) in [7, 11) is 0. The molecule has 2 atom stereocenters. The molecular weight excluding hydrogens is 271 g/mol. The van der Waals surface area contributed by atoms with E-state index in [1.54, 1.807) is 12.3 Å². The maximum absolute atomic E-state index is 12.9. The first kappa shape index (κ1) is 14.0. The van der Waals surface area contributed by atoms with Crippen molar-refractivity contribution in [3.63, 3.8) is 0 Å². The molecule has 3 heterocycles. The Kier molecular flexibility index (Phi) is 4.15. The second kappa shape index (κ2) is 6.22. The molecule has 0 aliphatic carbocycles. The van der Waals surface area contributed by atoms with Gasteiger partial charge in [0.25, 0.3) is 0 Å². The SMILES string of the molecule is CC(Nc1cnn(CC2CCCO2)c1)c1ccc(F)cn1. The van der Waals surface area contributed by atoms with E-state index in [1.165, 1.54) is 12.3 Å². The summed E-state index contributed by atoms with van der Waals surface area (Å²) >= 11 is 0. The van der Waals surface area contributed by atoms with Gasteiger partial charge < -0.3 is 10.1 Å². The number of hydrogen-bond donors (Lipinski definition) is 1. The summed E-state index contributed by atoms with van der Waals surface area (Å²) in [5.41, 5.74) is 1.72. The van der Waals surface area contributed by atoms with Gasteiger partial charge in [0.05, 0.1) is 42.5 Å². The van der Waals surface area contributed by atoms with E-state index in [0.717, 1.165) is 37.4 Å². The second-order valence-electron chi connectivity index (χ2n) is 5.35. The normalized spacial score (nSPS) is 19.6. The molecular formula is C15H19FN4O. The third-order valence-corrected chi connectivity index (χ3v) is 3.63. The van der Waals surface area contributed by atoms with Crippen molar-refractivity contribution < 1.29 is 9.13 Å². The second-order valence-corrected chi connectivity index (χ2v) is 5.35. The van der Waals surface area contributed by atoms with Gasteiger partial charge in [-0.05, 0) is 31.9 Å². The lowest BCUT2D eigenvalue weighted by Crippen LogP contribution is -2.15. The zero-order valence-electron chi connectivity index (χ0n) is 12.0. The number of nitrogens with one attached hydrogen (secondary N) is 1. The number of halogens is 1. The molecule has 112 valence electrons. The van der Waals surface area contributed by atoms with Gasteiger partial charge in [0.1, 0.15) is 5.82 Å². The van der Waals surface area contributed by atoms with Gasteiger partial charge in [-0.3, -0.25) is 9.67 Å². The molecule has 0 bridgehead atoms. The van der Waals surface area contributed by atoms with Gasteiger partial charge in [0.15, 0.2) is 0 Å². The number of hydrogen-bond acceptors (Lipinski definition) is 4. The standard InChI is InChI=1S/C15H19FN4O/c1-11(15-5-4-12(16)7-17-15)19-13-8-18-20(9-13)10-14-3-2-6-21-14/h4-5,7-9,11,14,19H,2-3,6,10H2,1H3. The van der Waals surface area contributed by atoms with E-state index in [0.29, 0.717) is 0 Å². The first-order chi connectivity index (χ1) is 10.2. The quantitative estimate of drug-likeness (QED) is 0.920. The van der Waals surface area contributed by atoms with Crippen molar-refractivity contribution in [2.24, 2.45) is 0 Å². The van der Waals surface area contributed by atoms with Crippen LogP contribution in [-0.4, -0.2) is 27.5 Å². The minimum atomic E-state index is -0.324. The van der Waals surface area contributed by atoms with Crippen LogP contribution in [0.5, 0.6) is 0 Å². The van der Waals surface area contributed by atoms with Crippen LogP contribution in [0.2, 0.25) is 0 Å². The Balaban J connectivity index is 1.59. The highest BCUT2D eigenvalue weighted by Gasteiger charge is 2.16. The molecule has 1 saturated heterocycles. The minimum Gasteiger partial charge on any atom is -0.376 e. The summed E-state index contributed by atoms with van der Waals surface area (Å²) < 4.78 is 20.4. The average molecular weight is 290 g/mol. The number of aromatic nitrogens is 3. The van der Waals surface area contributed by atoms with Crippen molar-refractivity contribution >= 4 is 5.69 Å². The maximum atomic E-state index is 12.9. The van der Waals surface area contributed by atoms with Gasteiger partial charge in [-0.15, -0.1) is 0 Å². The lowest BCUT2D eigenvalue weighted by atomic mass is 10.2. The first-order valence-electron chi connectivity index (χ1n) is 7.23. The average Bonchev–Trinajstić information content (AvgIpc) is 3.12. The summed E-state index contributed by atoms with van der Waals surface area (Å²) in [6, 6.07) is 3.09. The van der Waals surface area contributed by atoms with Crippen molar-refractivity contribution in [1.29, 1.82) is 0 Å². The van der Waals surface area contributed by atoms with Gasteiger partial charge in [-0.2, -0.15) is 5.10 Å². The van der Waals surface area contributed by atoms with Gasteiger partial charge in [0.2, 0.25) is 0 Å². The molecule has 6 heteroatoms. The van der Waals surface area contributed by atoms with Crippen LogP contribution in [0.4, 0.5) is 10.1 Å². The summed E-state index contributed by atoms with van der Waals surface area (Å²) in [6.07, 6.45) is 7.47. The molecule has 0 radical (unpaired) electrons. The Morgan fingerprint density at radius 3 is 3.10 bits per heavy atom. The van der Waals surface area contributed by atoms with E-state index in [1.807, 2.05) is 17.8 Å². The van der Waals surface area contributed by atoms with Gasteiger partial charge in [-0.1, -0.05) is 0 Å². The van der Waals surface area contributed by atoms with Crippen LogP contribution >= 0.6 is 0 Å². The topological polar surface area (TPSA) is 52.0 Å². The van der Waals surface area contributed by atoms with Crippen LogP contribution in [0.15, 0.2) is 30.7 Å². The fourth-order valence-electron chi connectivity index (χ4n) is 2.50. The third kappa shape index (κ3) is 3.58. The number of anilines is 1. The Morgan fingerprint density at radius 2 is 2.38 bits per heavy atom. The summed E-state index contributed by atoms with van der Waals surface area (Å²) in [5, 5.41) is 7.65. The summed E-state index contributed by atoms with van der Waals surface area (Å²) in [6.45, 7) is 3.62. The summed E-state index contributed by atoms with van der Waals surface area (Å²) in [5.74, 6) is -0.324. The number of rotatable bonds is 5. The zero-order valence-corrected chi connectivity index (χ0v) is 12.0. The van der Waals surface area contributed by atoms with E-state index >= 15 is 0 Å². The smallest absolute Gasteiger partial charge is 0.141 e. The zero-order chi connectivity index (χ0) is 14.7. The fourth-order valence-corrected chi connectivity index (χ4v) is 2.50. The van der Waals surface area contributed by atoms with E-state index in [9.17, 15) is 4.39 Å². The van der Waals surface area contributed by atoms with Crippen molar-refractivity contribution in [3.8, 4) is 0 Å². The molecule has 21 heavy (non-hydrogen) atoms. The van der Waals surface area contributed by atoms with Crippen LogP contribution in [0.25, 0.3) is 0 Å². The van der Waals surface area contributed by atoms with Crippen LogP contribution in [0.3, 0.4) is 0 Å². The monoisotopic (exact) mass is 290 g/mol. The number of pyridine rings is 1. The number of nitrogens with zero attached hydrogens (tertiary/aromatic N) is 3. The molecule has 1 fully saturated rings. The van der Waals surface area contributed by atoms with Crippen molar-refractivity contribution in [2.45, 2.75) is 38.5 Å².